The standard InChI is InChI=1S/C21H26N6O2/c28-19(18-4-8-24-26-18)17-11-21(17)10-14(3-7-23-21)20(29)25-15-5-9-27(13-15)16-2-1-6-22-12-16/h1-2,4,6,8,12,14-15,17,23H,3,5,7,9-11,13H2,(H,24,26)(H,25,29)/t14?,15-,17?,21?/m0/s1. The monoisotopic (exact) mass is 394 g/mol. The zero-order valence-corrected chi connectivity index (χ0v) is 16.3. The van der Waals surface area contributed by atoms with Gasteiger partial charge in [-0.3, -0.25) is 19.7 Å². The molecule has 2 aliphatic heterocycles. The maximum Gasteiger partial charge on any atom is 0.223 e. The van der Waals surface area contributed by atoms with Gasteiger partial charge in [-0.05, 0) is 50.4 Å². The van der Waals surface area contributed by atoms with E-state index in [1.165, 1.54) is 0 Å². The molecule has 1 amide bonds. The predicted molar refractivity (Wildman–Crippen MR) is 107 cm³/mol. The van der Waals surface area contributed by atoms with Crippen LogP contribution in [0.5, 0.6) is 0 Å². The molecule has 0 aromatic carbocycles. The van der Waals surface area contributed by atoms with E-state index in [1.54, 1.807) is 18.5 Å². The third-order valence-corrected chi connectivity index (χ3v) is 6.65. The van der Waals surface area contributed by atoms with Gasteiger partial charge in [0.2, 0.25) is 5.91 Å². The van der Waals surface area contributed by atoms with Crippen molar-refractivity contribution in [3.63, 3.8) is 0 Å². The summed E-state index contributed by atoms with van der Waals surface area (Å²) in [6.07, 6.45) is 8.52. The van der Waals surface area contributed by atoms with E-state index in [1.807, 2.05) is 12.3 Å². The molecule has 1 spiro atoms. The highest BCUT2D eigenvalue weighted by molar-refractivity contribution is 5.99. The fourth-order valence-electron chi connectivity index (χ4n) is 4.96. The van der Waals surface area contributed by atoms with E-state index in [4.69, 9.17) is 0 Å². The molecular weight excluding hydrogens is 368 g/mol. The zero-order valence-electron chi connectivity index (χ0n) is 16.3. The number of Topliss-reactive ketones (excluding diaryl/α,β-unsaturated/α-hetero) is 1. The van der Waals surface area contributed by atoms with Crippen LogP contribution in [0.3, 0.4) is 0 Å². The molecule has 2 aromatic heterocycles. The number of pyridine rings is 1. The topological polar surface area (TPSA) is 103 Å². The molecule has 1 saturated carbocycles. The van der Waals surface area contributed by atoms with E-state index in [2.05, 4.69) is 36.8 Å². The first-order chi connectivity index (χ1) is 14.1. The van der Waals surface area contributed by atoms with Crippen molar-refractivity contribution in [1.29, 1.82) is 0 Å². The van der Waals surface area contributed by atoms with Crippen molar-refractivity contribution in [1.82, 2.24) is 25.8 Å². The smallest absolute Gasteiger partial charge is 0.223 e. The lowest BCUT2D eigenvalue weighted by Crippen LogP contribution is -2.49. The van der Waals surface area contributed by atoms with Crippen LogP contribution in [0, 0.1) is 11.8 Å². The van der Waals surface area contributed by atoms with E-state index >= 15 is 0 Å². The van der Waals surface area contributed by atoms with Gasteiger partial charge >= 0.3 is 0 Å². The molecule has 0 bridgehead atoms. The molecule has 5 rings (SSSR count). The Bertz CT molecular complexity index is 886. The first-order valence-corrected chi connectivity index (χ1v) is 10.4. The molecule has 3 aliphatic rings. The number of aromatic nitrogens is 3. The average Bonchev–Trinajstić information content (AvgIpc) is 3.15. The number of hydrogen-bond acceptors (Lipinski definition) is 6. The number of nitrogens with zero attached hydrogens (tertiary/aromatic N) is 3. The first-order valence-electron chi connectivity index (χ1n) is 10.4. The Labute approximate surface area is 169 Å². The Balaban J connectivity index is 1.17. The number of hydrogen-bond donors (Lipinski definition) is 3. The van der Waals surface area contributed by atoms with Gasteiger partial charge in [0, 0.05) is 48.9 Å². The van der Waals surface area contributed by atoms with Gasteiger partial charge in [0.25, 0.3) is 0 Å². The van der Waals surface area contributed by atoms with Gasteiger partial charge < -0.3 is 15.5 Å². The molecule has 29 heavy (non-hydrogen) atoms. The lowest BCUT2D eigenvalue weighted by molar-refractivity contribution is -0.126. The number of anilines is 1. The van der Waals surface area contributed by atoms with E-state index in [0.717, 1.165) is 51.0 Å². The summed E-state index contributed by atoms with van der Waals surface area (Å²) in [5, 5.41) is 13.4. The lowest BCUT2D eigenvalue weighted by Gasteiger charge is -2.31. The van der Waals surface area contributed by atoms with Crippen LogP contribution in [0.15, 0.2) is 36.8 Å². The molecule has 2 saturated heterocycles. The Morgan fingerprint density at radius 3 is 2.93 bits per heavy atom. The fraction of sp³-hybridized carbons (Fsp3) is 0.524. The van der Waals surface area contributed by atoms with Gasteiger partial charge in [0.05, 0.1) is 11.9 Å². The van der Waals surface area contributed by atoms with Crippen LogP contribution in [0.4, 0.5) is 5.69 Å². The molecule has 4 heterocycles. The second-order valence-corrected chi connectivity index (χ2v) is 8.52. The van der Waals surface area contributed by atoms with Crippen molar-refractivity contribution in [3.8, 4) is 0 Å². The molecular formula is C21H26N6O2. The number of carbonyl (C=O) groups excluding carboxylic acids is 2. The van der Waals surface area contributed by atoms with Crippen molar-refractivity contribution >= 4 is 17.4 Å². The number of rotatable bonds is 5. The van der Waals surface area contributed by atoms with Crippen LogP contribution in [0.25, 0.3) is 0 Å². The number of carbonyl (C=O) groups is 2. The number of H-pyrrole nitrogens is 1. The predicted octanol–water partition coefficient (Wildman–Crippen LogP) is 1.14. The quantitative estimate of drug-likeness (QED) is 0.657. The van der Waals surface area contributed by atoms with Crippen LogP contribution in [0.1, 0.15) is 36.2 Å². The SMILES string of the molecule is O=C(N[C@H]1CCN(c2cccnc2)C1)C1CCNC2(C1)CC2C(=O)c1ccn[nH]1. The van der Waals surface area contributed by atoms with Crippen molar-refractivity contribution in [2.45, 2.75) is 37.3 Å². The molecule has 3 fully saturated rings. The molecule has 8 heteroatoms. The van der Waals surface area contributed by atoms with E-state index in [0.29, 0.717) is 5.69 Å². The molecule has 3 unspecified atom stereocenters. The summed E-state index contributed by atoms with van der Waals surface area (Å²) in [7, 11) is 0. The third-order valence-electron chi connectivity index (χ3n) is 6.65. The number of nitrogens with one attached hydrogen (secondary N) is 3. The third kappa shape index (κ3) is 3.53. The summed E-state index contributed by atoms with van der Waals surface area (Å²) in [5.74, 6) is 0.122. The van der Waals surface area contributed by atoms with Crippen LogP contribution in [-0.4, -0.2) is 58.1 Å². The lowest BCUT2D eigenvalue weighted by atomic mass is 9.87. The molecule has 152 valence electrons. The van der Waals surface area contributed by atoms with Crippen LogP contribution < -0.4 is 15.5 Å². The fourth-order valence-corrected chi connectivity index (χ4v) is 4.96. The van der Waals surface area contributed by atoms with Crippen molar-refractivity contribution < 1.29 is 9.59 Å². The van der Waals surface area contributed by atoms with Gasteiger partial charge in [-0.25, -0.2) is 0 Å². The number of piperidine rings is 1. The van der Waals surface area contributed by atoms with Crippen LogP contribution >= 0.6 is 0 Å². The Hall–Kier alpha value is -2.74. The van der Waals surface area contributed by atoms with Crippen LogP contribution in [-0.2, 0) is 4.79 Å². The van der Waals surface area contributed by atoms with Gasteiger partial charge in [-0.1, -0.05) is 0 Å². The average molecular weight is 394 g/mol. The number of ketones is 1. The molecule has 1 aliphatic carbocycles. The highest BCUT2D eigenvalue weighted by atomic mass is 16.2. The summed E-state index contributed by atoms with van der Waals surface area (Å²) in [6.45, 7) is 2.51. The molecule has 2 aromatic rings. The highest BCUT2D eigenvalue weighted by Crippen LogP contribution is 2.51. The van der Waals surface area contributed by atoms with Crippen molar-refractivity contribution in [3.05, 3.63) is 42.5 Å². The molecule has 4 atom stereocenters. The summed E-state index contributed by atoms with van der Waals surface area (Å²) in [4.78, 5) is 32.0. The van der Waals surface area contributed by atoms with Gasteiger partial charge in [0.15, 0.2) is 5.78 Å². The minimum Gasteiger partial charge on any atom is -0.368 e. The normalized spacial score (nSPS) is 31.0. The minimum absolute atomic E-state index is 0.0386. The highest BCUT2D eigenvalue weighted by Gasteiger charge is 2.60. The Kier molecular flexibility index (Phi) is 4.58. The summed E-state index contributed by atoms with van der Waals surface area (Å²) in [5.41, 5.74) is 1.43. The van der Waals surface area contributed by atoms with Crippen molar-refractivity contribution in [2.24, 2.45) is 11.8 Å². The second-order valence-electron chi connectivity index (χ2n) is 8.52. The van der Waals surface area contributed by atoms with Crippen LogP contribution in [0.2, 0.25) is 0 Å². The van der Waals surface area contributed by atoms with E-state index < -0.39 is 0 Å². The number of aromatic amines is 1. The van der Waals surface area contributed by atoms with E-state index in [-0.39, 0.29) is 35.1 Å². The second kappa shape index (κ2) is 7.26. The van der Waals surface area contributed by atoms with Gasteiger partial charge in [-0.15, -0.1) is 0 Å². The first kappa shape index (κ1) is 18.3. The van der Waals surface area contributed by atoms with E-state index in [9.17, 15) is 9.59 Å². The largest absolute Gasteiger partial charge is 0.368 e. The Morgan fingerprint density at radius 1 is 1.21 bits per heavy atom. The summed E-state index contributed by atoms with van der Waals surface area (Å²) < 4.78 is 0. The molecule has 3 N–H and O–H groups in total. The zero-order chi connectivity index (χ0) is 19.8. The maximum atomic E-state index is 12.9. The minimum atomic E-state index is -0.222. The summed E-state index contributed by atoms with van der Waals surface area (Å²) >= 11 is 0. The van der Waals surface area contributed by atoms with Crippen molar-refractivity contribution in [2.75, 3.05) is 24.5 Å². The Morgan fingerprint density at radius 2 is 2.14 bits per heavy atom. The molecule has 8 nitrogen and oxygen atoms in total. The van der Waals surface area contributed by atoms with Gasteiger partial charge in [0.1, 0.15) is 5.69 Å². The maximum absolute atomic E-state index is 12.9. The number of amides is 1. The van der Waals surface area contributed by atoms with Gasteiger partial charge in [-0.2, -0.15) is 5.10 Å². The summed E-state index contributed by atoms with van der Waals surface area (Å²) in [6, 6.07) is 5.87. The molecule has 0 radical (unpaired) electrons.